The van der Waals surface area contributed by atoms with Gasteiger partial charge in [-0.1, -0.05) is 6.07 Å². The van der Waals surface area contributed by atoms with Gasteiger partial charge in [0, 0.05) is 26.2 Å². The first-order valence-electron chi connectivity index (χ1n) is 10.3. The van der Waals surface area contributed by atoms with E-state index in [1.165, 1.54) is 12.3 Å². The van der Waals surface area contributed by atoms with Gasteiger partial charge in [0.1, 0.15) is 29.4 Å². The summed E-state index contributed by atoms with van der Waals surface area (Å²) in [6, 6.07) is 3.96. The van der Waals surface area contributed by atoms with Crippen molar-refractivity contribution in [1.29, 1.82) is 0 Å². The Balaban J connectivity index is 1.32. The molecule has 2 aliphatic rings. The first-order chi connectivity index (χ1) is 15.3. The van der Waals surface area contributed by atoms with E-state index in [2.05, 4.69) is 25.0 Å². The van der Waals surface area contributed by atoms with E-state index in [9.17, 15) is 22.0 Å². The van der Waals surface area contributed by atoms with E-state index in [0.29, 0.717) is 54.9 Å². The quantitative estimate of drug-likeness (QED) is 0.564. The second-order valence-electron chi connectivity index (χ2n) is 8.19. The first kappa shape index (κ1) is 20.8. The Morgan fingerprint density at radius 2 is 1.75 bits per heavy atom. The molecule has 2 saturated heterocycles. The van der Waals surface area contributed by atoms with E-state index in [0.717, 1.165) is 17.2 Å². The highest BCUT2D eigenvalue weighted by molar-refractivity contribution is 5.71. The number of fused-ring (bicyclic) bond motifs is 2. The standard InChI is InChI=1S/C20H20F5N7/c21-16(22)11-32-19-14(6-27-32)26-7-18(29-19)30-5-4-12-8-31(10-13(12)9-30)17-3-1-2-15(28-17)20(23,24)25/h1-3,6-7,12-13,16H,4-5,8-11H2. The highest BCUT2D eigenvalue weighted by atomic mass is 19.4. The average Bonchev–Trinajstić information content (AvgIpc) is 3.36. The molecule has 170 valence electrons. The molecule has 5 heterocycles. The zero-order valence-electron chi connectivity index (χ0n) is 16.9. The van der Waals surface area contributed by atoms with Crippen molar-refractivity contribution in [3.8, 4) is 0 Å². The average molecular weight is 453 g/mol. The van der Waals surface area contributed by atoms with E-state index in [1.807, 2.05) is 4.90 Å². The van der Waals surface area contributed by atoms with E-state index in [-0.39, 0.29) is 5.92 Å². The van der Waals surface area contributed by atoms with Crippen molar-refractivity contribution >= 4 is 22.8 Å². The highest BCUT2D eigenvalue weighted by Crippen LogP contribution is 2.36. The fourth-order valence-corrected chi connectivity index (χ4v) is 4.58. The van der Waals surface area contributed by atoms with Crippen LogP contribution in [0.2, 0.25) is 0 Å². The van der Waals surface area contributed by atoms with Gasteiger partial charge in [0.15, 0.2) is 5.65 Å². The van der Waals surface area contributed by atoms with Crippen molar-refractivity contribution < 1.29 is 22.0 Å². The van der Waals surface area contributed by atoms with Gasteiger partial charge >= 0.3 is 6.18 Å². The molecule has 32 heavy (non-hydrogen) atoms. The molecule has 3 aromatic rings. The maximum absolute atomic E-state index is 13.0. The topological polar surface area (TPSA) is 63.0 Å². The number of nitrogens with zero attached hydrogens (tertiary/aromatic N) is 7. The predicted octanol–water partition coefficient (Wildman–Crippen LogP) is 3.47. The van der Waals surface area contributed by atoms with Gasteiger partial charge in [0.25, 0.3) is 6.43 Å². The number of rotatable bonds is 4. The van der Waals surface area contributed by atoms with Crippen LogP contribution >= 0.6 is 0 Å². The van der Waals surface area contributed by atoms with Crippen LogP contribution in [-0.2, 0) is 12.7 Å². The molecule has 0 bridgehead atoms. The van der Waals surface area contributed by atoms with Crippen molar-refractivity contribution in [2.75, 3.05) is 36.0 Å². The van der Waals surface area contributed by atoms with Crippen LogP contribution < -0.4 is 9.80 Å². The van der Waals surface area contributed by atoms with Crippen LogP contribution in [0.5, 0.6) is 0 Å². The van der Waals surface area contributed by atoms with E-state index >= 15 is 0 Å². The normalized spacial score (nSPS) is 21.6. The SMILES string of the molecule is FC(F)Cn1ncc2ncc(N3CCC4CN(c5cccc(C(F)(F)F)n5)CC4C3)nc21. The summed E-state index contributed by atoms with van der Waals surface area (Å²) in [5.41, 5.74) is -0.131. The van der Waals surface area contributed by atoms with Gasteiger partial charge in [0.05, 0.1) is 12.4 Å². The lowest BCUT2D eigenvalue weighted by Gasteiger charge is -2.34. The maximum Gasteiger partial charge on any atom is 0.433 e. The van der Waals surface area contributed by atoms with Crippen LogP contribution in [0, 0.1) is 11.8 Å². The zero-order valence-corrected chi connectivity index (χ0v) is 16.9. The molecule has 0 saturated carbocycles. The fraction of sp³-hybridized carbons (Fsp3) is 0.500. The number of piperidine rings is 1. The maximum atomic E-state index is 13.0. The molecular weight excluding hydrogens is 433 g/mol. The number of aromatic nitrogens is 5. The molecule has 0 amide bonds. The number of halogens is 5. The zero-order chi connectivity index (χ0) is 22.5. The monoisotopic (exact) mass is 453 g/mol. The molecule has 0 spiro atoms. The molecule has 0 aliphatic carbocycles. The molecule has 2 aliphatic heterocycles. The Morgan fingerprint density at radius 1 is 0.969 bits per heavy atom. The van der Waals surface area contributed by atoms with Crippen molar-refractivity contribution in [3.63, 3.8) is 0 Å². The number of alkyl halides is 5. The Labute approximate surface area is 179 Å². The van der Waals surface area contributed by atoms with E-state index in [1.54, 1.807) is 12.3 Å². The smallest absolute Gasteiger partial charge is 0.356 e. The van der Waals surface area contributed by atoms with E-state index < -0.39 is 24.8 Å². The summed E-state index contributed by atoms with van der Waals surface area (Å²) in [5, 5.41) is 3.94. The molecule has 0 radical (unpaired) electrons. The molecule has 2 fully saturated rings. The largest absolute Gasteiger partial charge is 0.433 e. The highest BCUT2D eigenvalue weighted by Gasteiger charge is 2.39. The van der Waals surface area contributed by atoms with E-state index in [4.69, 9.17) is 0 Å². The molecule has 12 heteroatoms. The van der Waals surface area contributed by atoms with Gasteiger partial charge in [-0.2, -0.15) is 18.3 Å². The van der Waals surface area contributed by atoms with Crippen LogP contribution in [-0.4, -0.2) is 57.3 Å². The third-order valence-corrected chi connectivity index (χ3v) is 6.12. The van der Waals surface area contributed by atoms with Gasteiger partial charge in [-0.25, -0.2) is 28.4 Å². The second kappa shape index (κ2) is 7.82. The van der Waals surface area contributed by atoms with Crippen LogP contribution in [0.3, 0.4) is 0 Å². The molecule has 2 unspecified atom stereocenters. The van der Waals surface area contributed by atoms with Crippen molar-refractivity contribution in [2.45, 2.75) is 25.6 Å². The lowest BCUT2D eigenvalue weighted by Crippen LogP contribution is -2.40. The van der Waals surface area contributed by atoms with Gasteiger partial charge in [0.2, 0.25) is 0 Å². The Kier molecular flexibility index (Phi) is 5.09. The summed E-state index contributed by atoms with van der Waals surface area (Å²) < 4.78 is 65.8. The Morgan fingerprint density at radius 3 is 2.53 bits per heavy atom. The molecule has 2 atom stereocenters. The van der Waals surface area contributed by atoms with Gasteiger partial charge < -0.3 is 9.80 Å². The Bertz CT molecular complexity index is 1120. The second-order valence-corrected chi connectivity index (χ2v) is 8.19. The third-order valence-electron chi connectivity index (χ3n) is 6.12. The van der Waals surface area contributed by atoms with Crippen LogP contribution in [0.15, 0.2) is 30.6 Å². The molecular formula is C20H20F5N7. The van der Waals surface area contributed by atoms with Crippen molar-refractivity contribution in [2.24, 2.45) is 11.8 Å². The summed E-state index contributed by atoms with van der Waals surface area (Å²) in [5.74, 6) is 1.48. The molecule has 0 aromatic carbocycles. The lowest BCUT2D eigenvalue weighted by molar-refractivity contribution is -0.141. The first-order valence-corrected chi connectivity index (χ1v) is 10.3. The fourth-order valence-electron chi connectivity index (χ4n) is 4.58. The molecule has 0 N–H and O–H groups in total. The minimum atomic E-state index is -4.48. The summed E-state index contributed by atoms with van der Waals surface area (Å²) in [6.07, 6.45) is -3.16. The van der Waals surface area contributed by atoms with Crippen LogP contribution in [0.4, 0.5) is 33.6 Å². The summed E-state index contributed by atoms with van der Waals surface area (Å²) in [6.45, 7) is 2.05. The Hall–Kier alpha value is -3.05. The van der Waals surface area contributed by atoms with Gasteiger partial charge in [-0.3, -0.25) is 0 Å². The summed E-state index contributed by atoms with van der Waals surface area (Å²) in [4.78, 5) is 16.6. The molecule has 5 rings (SSSR count). The van der Waals surface area contributed by atoms with Crippen LogP contribution in [0.1, 0.15) is 12.1 Å². The minimum absolute atomic E-state index is 0.226. The van der Waals surface area contributed by atoms with Crippen molar-refractivity contribution in [3.05, 3.63) is 36.3 Å². The number of pyridine rings is 1. The number of anilines is 2. The third kappa shape index (κ3) is 3.93. The lowest BCUT2D eigenvalue weighted by atomic mass is 9.89. The summed E-state index contributed by atoms with van der Waals surface area (Å²) >= 11 is 0. The predicted molar refractivity (Wildman–Crippen MR) is 107 cm³/mol. The summed E-state index contributed by atoms with van der Waals surface area (Å²) in [7, 11) is 0. The van der Waals surface area contributed by atoms with Crippen LogP contribution in [0.25, 0.3) is 11.2 Å². The van der Waals surface area contributed by atoms with Crippen molar-refractivity contribution in [1.82, 2.24) is 24.7 Å². The number of hydrogen-bond donors (Lipinski definition) is 0. The minimum Gasteiger partial charge on any atom is -0.356 e. The molecule has 3 aromatic heterocycles. The van der Waals surface area contributed by atoms with Gasteiger partial charge in [-0.05, 0) is 30.4 Å². The number of hydrogen-bond acceptors (Lipinski definition) is 6. The molecule has 7 nitrogen and oxygen atoms in total. The van der Waals surface area contributed by atoms with Gasteiger partial charge in [-0.15, -0.1) is 0 Å².